The van der Waals surface area contributed by atoms with E-state index in [0.29, 0.717) is 24.1 Å². The average molecular weight is 513 g/mol. The van der Waals surface area contributed by atoms with Gasteiger partial charge in [0.2, 0.25) is 5.95 Å². The molecule has 3 aromatic heterocycles. The van der Waals surface area contributed by atoms with E-state index in [1.807, 2.05) is 6.92 Å². The highest BCUT2D eigenvalue weighted by Gasteiger charge is 2.41. The van der Waals surface area contributed by atoms with Crippen LogP contribution in [0, 0.1) is 18.8 Å². The zero-order valence-corrected chi connectivity index (χ0v) is 22.1. The molecule has 0 aromatic carbocycles. The van der Waals surface area contributed by atoms with Crippen molar-refractivity contribution in [2.75, 3.05) is 17.2 Å². The highest BCUT2D eigenvalue weighted by molar-refractivity contribution is 7.21. The molecule has 2 aliphatic rings. The van der Waals surface area contributed by atoms with Crippen molar-refractivity contribution in [1.82, 2.24) is 19.9 Å². The molecule has 2 saturated carbocycles. The molecule has 0 bridgehead atoms. The molecule has 194 valence electrons. The molecule has 0 amide bonds. The number of aryl methyl sites for hydroxylation is 3. The van der Waals surface area contributed by atoms with Crippen molar-refractivity contribution >= 4 is 33.3 Å². The molecule has 36 heavy (non-hydrogen) atoms. The molecule has 5 atom stereocenters. The van der Waals surface area contributed by atoms with Gasteiger partial charge in [0, 0.05) is 24.3 Å². The van der Waals surface area contributed by atoms with Gasteiger partial charge in [-0.15, -0.1) is 11.3 Å². The van der Waals surface area contributed by atoms with Crippen molar-refractivity contribution in [3.05, 3.63) is 23.1 Å². The lowest BCUT2D eigenvalue weighted by Crippen LogP contribution is -2.36. The third-order valence-electron chi connectivity index (χ3n) is 7.55. The van der Waals surface area contributed by atoms with Gasteiger partial charge in [0.05, 0.1) is 33.8 Å². The molecule has 3 heterocycles. The molecule has 2 aliphatic carbocycles. The second-order valence-corrected chi connectivity index (χ2v) is 11.2. The Bertz CT molecular complexity index is 1250. The minimum atomic E-state index is -1.01. The van der Waals surface area contributed by atoms with E-state index in [1.54, 1.807) is 11.3 Å². The monoisotopic (exact) mass is 512 g/mol. The molecule has 0 spiro atoms. The van der Waals surface area contributed by atoms with Gasteiger partial charge in [-0.05, 0) is 57.9 Å². The number of thiazole rings is 1. The van der Waals surface area contributed by atoms with Gasteiger partial charge in [-0.3, -0.25) is 4.98 Å². The highest BCUT2D eigenvalue weighted by atomic mass is 32.1. The largest absolute Gasteiger partial charge is 0.396 e. The van der Waals surface area contributed by atoms with Gasteiger partial charge in [-0.25, -0.2) is 9.97 Å². The Morgan fingerprint density at radius 3 is 2.50 bits per heavy atom. The van der Waals surface area contributed by atoms with Gasteiger partial charge in [0.1, 0.15) is 22.4 Å². The third kappa shape index (κ3) is 4.79. The van der Waals surface area contributed by atoms with Crippen LogP contribution in [0.4, 0.5) is 11.8 Å². The fraction of sp³-hybridized carbons (Fsp3) is 0.615. The summed E-state index contributed by atoms with van der Waals surface area (Å²) in [6.07, 6.45) is 2.52. The lowest BCUT2D eigenvalue weighted by atomic mass is 10.1. The molecule has 5 unspecified atom stereocenters. The zero-order chi connectivity index (χ0) is 25.6. The van der Waals surface area contributed by atoms with Crippen molar-refractivity contribution in [3.63, 3.8) is 0 Å². The quantitative estimate of drug-likeness (QED) is 0.292. The molecule has 0 radical (unpaired) electrons. The molecular weight excluding hydrogens is 476 g/mol. The molecule has 0 saturated heterocycles. The predicted molar refractivity (Wildman–Crippen MR) is 142 cm³/mol. The van der Waals surface area contributed by atoms with Crippen molar-refractivity contribution in [2.24, 2.45) is 11.8 Å². The first kappa shape index (κ1) is 25.3. The maximum Gasteiger partial charge on any atom is 0.225 e. The van der Waals surface area contributed by atoms with E-state index in [1.165, 1.54) is 12.8 Å². The number of hydrogen-bond donors (Lipinski definition) is 5. The van der Waals surface area contributed by atoms with Gasteiger partial charge < -0.3 is 26.0 Å². The Hall–Kier alpha value is -2.40. The Morgan fingerprint density at radius 1 is 1.08 bits per heavy atom. The molecule has 3 aromatic rings. The minimum Gasteiger partial charge on any atom is -0.396 e. The summed E-state index contributed by atoms with van der Waals surface area (Å²) >= 11 is 1.59. The summed E-state index contributed by atoms with van der Waals surface area (Å²) in [5, 5.41) is 38.3. The Morgan fingerprint density at radius 2 is 1.86 bits per heavy atom. The van der Waals surface area contributed by atoms with Crippen LogP contribution < -0.4 is 10.6 Å². The van der Waals surface area contributed by atoms with Crippen LogP contribution in [0.3, 0.4) is 0 Å². The third-order valence-corrected chi connectivity index (χ3v) is 8.57. The summed E-state index contributed by atoms with van der Waals surface area (Å²) < 4.78 is 1.08. The van der Waals surface area contributed by atoms with E-state index in [9.17, 15) is 15.3 Å². The van der Waals surface area contributed by atoms with Gasteiger partial charge in [0.25, 0.3) is 0 Å². The molecule has 0 aliphatic heterocycles. The van der Waals surface area contributed by atoms with Gasteiger partial charge in [-0.2, -0.15) is 4.98 Å². The smallest absolute Gasteiger partial charge is 0.225 e. The van der Waals surface area contributed by atoms with Crippen LogP contribution in [0.2, 0.25) is 0 Å². The number of nitrogens with zero attached hydrogens (tertiary/aromatic N) is 4. The maximum absolute atomic E-state index is 10.7. The molecule has 9 nitrogen and oxygen atoms in total. The van der Waals surface area contributed by atoms with Crippen LogP contribution in [0.5, 0.6) is 0 Å². The van der Waals surface area contributed by atoms with Gasteiger partial charge in [0.15, 0.2) is 0 Å². The molecule has 5 N–H and O–H groups in total. The summed E-state index contributed by atoms with van der Waals surface area (Å²) in [6.45, 7) is 8.12. The number of pyridine rings is 1. The van der Waals surface area contributed by atoms with E-state index < -0.39 is 18.2 Å². The van der Waals surface area contributed by atoms with Gasteiger partial charge >= 0.3 is 0 Å². The molecule has 10 heteroatoms. The zero-order valence-electron chi connectivity index (χ0n) is 21.3. The Balaban J connectivity index is 1.58. The van der Waals surface area contributed by atoms with E-state index in [-0.39, 0.29) is 18.6 Å². The predicted octanol–water partition coefficient (Wildman–Crippen LogP) is 3.31. The molecule has 5 rings (SSSR count). The maximum atomic E-state index is 10.7. The minimum absolute atomic E-state index is 0.178. The summed E-state index contributed by atoms with van der Waals surface area (Å²) in [5.41, 5.74) is 4.51. The van der Waals surface area contributed by atoms with Crippen LogP contribution in [-0.2, 0) is 12.8 Å². The van der Waals surface area contributed by atoms with Crippen molar-refractivity contribution < 1.29 is 15.3 Å². The second-order valence-electron chi connectivity index (χ2n) is 10.2. The number of hydrogen-bond acceptors (Lipinski definition) is 10. The summed E-state index contributed by atoms with van der Waals surface area (Å²) in [5.74, 6) is 1.36. The topological polar surface area (TPSA) is 136 Å². The van der Waals surface area contributed by atoms with Crippen molar-refractivity contribution in [1.29, 1.82) is 0 Å². The lowest BCUT2D eigenvalue weighted by Gasteiger charge is -2.22. The summed E-state index contributed by atoms with van der Waals surface area (Å²) in [7, 11) is 0. The first-order valence-corrected chi connectivity index (χ1v) is 13.8. The lowest BCUT2D eigenvalue weighted by molar-refractivity contribution is 0.00446. The fourth-order valence-electron chi connectivity index (χ4n) is 5.12. The second kappa shape index (κ2) is 10.2. The van der Waals surface area contributed by atoms with Crippen molar-refractivity contribution in [3.8, 4) is 10.6 Å². The van der Waals surface area contributed by atoms with E-state index in [4.69, 9.17) is 19.9 Å². The first-order valence-electron chi connectivity index (χ1n) is 13.0. The normalized spacial score (nSPS) is 24.9. The molecular formula is C26H36N6O3S. The van der Waals surface area contributed by atoms with Gasteiger partial charge in [-0.1, -0.05) is 13.8 Å². The molecule has 2 fully saturated rings. The standard InChI is InChI=1S/C26H36N6O3S/c1-5-16-10-19-21(17(6-2)29-16)31-25(36-19)20-13(4)28-26(27-12(3)14-7-8-14)32-24(20)30-18-9-15(11-33)22(34)23(18)35/h10,12,14-15,18,22-23,33-35H,5-9,11H2,1-4H3,(H2,27,28,30,32). The van der Waals surface area contributed by atoms with Crippen LogP contribution in [0.1, 0.15) is 57.1 Å². The van der Waals surface area contributed by atoms with E-state index in [0.717, 1.165) is 50.7 Å². The van der Waals surface area contributed by atoms with E-state index >= 15 is 0 Å². The van der Waals surface area contributed by atoms with E-state index in [2.05, 4.69) is 37.5 Å². The Labute approximate surface area is 215 Å². The van der Waals surface area contributed by atoms with Crippen molar-refractivity contribution in [2.45, 2.75) is 84.1 Å². The number of nitrogens with one attached hydrogen (secondary N) is 2. The highest BCUT2D eigenvalue weighted by Crippen LogP contribution is 2.39. The number of fused-ring (bicyclic) bond motifs is 1. The Kier molecular flexibility index (Phi) is 7.13. The number of aromatic nitrogens is 4. The van der Waals surface area contributed by atoms with Crippen LogP contribution >= 0.6 is 11.3 Å². The van der Waals surface area contributed by atoms with Crippen LogP contribution in [0.25, 0.3) is 20.8 Å². The summed E-state index contributed by atoms with van der Waals surface area (Å²) in [4.78, 5) is 19.4. The number of rotatable bonds is 9. The number of anilines is 2. The first-order chi connectivity index (χ1) is 17.3. The number of aliphatic hydroxyl groups excluding tert-OH is 3. The SMILES string of the molecule is CCc1cc2sc(-c3c(C)nc(NC(C)C4CC4)nc3NC3CC(CO)C(O)C3O)nc2c(CC)n1. The summed E-state index contributed by atoms with van der Waals surface area (Å²) in [6, 6.07) is 1.93. The van der Waals surface area contributed by atoms with Crippen LogP contribution in [0.15, 0.2) is 6.07 Å². The number of aliphatic hydroxyl groups is 3. The fourth-order valence-corrected chi connectivity index (χ4v) is 6.27. The van der Waals surface area contributed by atoms with Crippen LogP contribution in [-0.4, -0.2) is 66.2 Å². The average Bonchev–Trinajstić information content (AvgIpc) is 3.58.